The highest BCUT2D eigenvalue weighted by Crippen LogP contribution is 2.42. The van der Waals surface area contributed by atoms with E-state index in [9.17, 15) is 18.3 Å². The molecule has 6 rings (SSSR count). The summed E-state index contributed by atoms with van der Waals surface area (Å²) in [5.41, 5.74) is 4.80. The Morgan fingerprint density at radius 3 is 2.32 bits per heavy atom. The maximum absolute atomic E-state index is 13.9. The first kappa shape index (κ1) is 38.6. The number of hydrogen-bond acceptors (Lipinski definition) is 7. The van der Waals surface area contributed by atoms with Gasteiger partial charge >= 0.3 is 0 Å². The van der Waals surface area contributed by atoms with Crippen LogP contribution in [0.3, 0.4) is 0 Å². The second kappa shape index (κ2) is 17.8. The number of sulfonamides is 1. The van der Waals surface area contributed by atoms with Crippen LogP contribution in [0.4, 0.5) is 5.69 Å². The van der Waals surface area contributed by atoms with E-state index in [0.29, 0.717) is 11.7 Å². The molecule has 1 amide bonds. The number of rotatable bonds is 15. The Bertz CT molecular complexity index is 1910. The molecular formula is C43H51N3O6S. The molecule has 2 fully saturated rings. The van der Waals surface area contributed by atoms with Crippen LogP contribution in [0.15, 0.2) is 121 Å². The number of carbonyl (C=O) groups is 1. The zero-order chi connectivity index (χ0) is 37.4. The summed E-state index contributed by atoms with van der Waals surface area (Å²) in [7, 11) is -4.00. The molecule has 4 aromatic rings. The molecule has 0 spiro atoms. The number of aryl methyl sites for hydroxylation is 1. The summed E-state index contributed by atoms with van der Waals surface area (Å²) in [5, 5.41) is 12.6. The Balaban J connectivity index is 1.25. The van der Waals surface area contributed by atoms with Crippen molar-refractivity contribution in [2.75, 3.05) is 18.4 Å². The van der Waals surface area contributed by atoms with Gasteiger partial charge in [0.1, 0.15) is 6.04 Å². The third-order valence-corrected chi connectivity index (χ3v) is 11.9. The molecule has 3 N–H and O–H groups in total. The van der Waals surface area contributed by atoms with Crippen LogP contribution in [0, 0.1) is 12.8 Å². The minimum absolute atomic E-state index is 0.0168. The van der Waals surface area contributed by atoms with E-state index in [2.05, 4.69) is 28.4 Å². The minimum Gasteiger partial charge on any atom is -0.392 e. The Morgan fingerprint density at radius 2 is 1.64 bits per heavy atom. The Labute approximate surface area is 314 Å². The van der Waals surface area contributed by atoms with Crippen molar-refractivity contribution in [2.45, 2.75) is 88.0 Å². The maximum Gasteiger partial charge on any atom is 0.242 e. The molecule has 10 heteroatoms. The molecule has 1 saturated heterocycles. The first-order valence-corrected chi connectivity index (χ1v) is 20.0. The number of aliphatic hydroxyl groups excluding tert-OH is 1. The van der Waals surface area contributed by atoms with Gasteiger partial charge in [-0.25, -0.2) is 8.42 Å². The first-order valence-electron chi connectivity index (χ1n) is 18.5. The number of nitrogens with one attached hydrogen (secondary N) is 2. The van der Waals surface area contributed by atoms with Crippen molar-refractivity contribution < 1.29 is 27.8 Å². The number of aliphatic hydroxyl groups is 1. The molecule has 9 nitrogen and oxygen atoms in total. The zero-order valence-electron chi connectivity index (χ0n) is 30.6. The van der Waals surface area contributed by atoms with Crippen LogP contribution in [0.25, 0.3) is 0 Å². The fraction of sp³-hybridized carbons (Fsp3) is 0.372. The summed E-state index contributed by atoms with van der Waals surface area (Å²) in [6.07, 6.45) is 5.71. The third kappa shape index (κ3) is 9.89. The van der Waals surface area contributed by atoms with E-state index in [1.54, 1.807) is 18.2 Å². The Morgan fingerprint density at radius 1 is 0.925 bits per heavy atom. The second-order valence-corrected chi connectivity index (χ2v) is 16.0. The van der Waals surface area contributed by atoms with Crippen LogP contribution in [-0.2, 0) is 37.3 Å². The molecule has 0 bridgehead atoms. The van der Waals surface area contributed by atoms with Crippen molar-refractivity contribution in [1.82, 2.24) is 9.62 Å². The van der Waals surface area contributed by atoms with Gasteiger partial charge in [-0.05, 0) is 67.1 Å². The van der Waals surface area contributed by atoms with Gasteiger partial charge in [0.2, 0.25) is 15.9 Å². The lowest BCUT2D eigenvalue weighted by atomic mass is 9.89. The van der Waals surface area contributed by atoms with Crippen molar-refractivity contribution in [2.24, 2.45) is 5.92 Å². The van der Waals surface area contributed by atoms with E-state index >= 15 is 0 Å². The third-order valence-electron chi connectivity index (χ3n) is 10.4. The molecule has 4 aromatic carbocycles. The molecule has 5 atom stereocenters. The lowest BCUT2D eigenvalue weighted by Crippen LogP contribution is -2.47. The molecule has 53 heavy (non-hydrogen) atoms. The lowest BCUT2D eigenvalue weighted by Gasteiger charge is -2.43. The average molecular weight is 738 g/mol. The van der Waals surface area contributed by atoms with E-state index < -0.39 is 28.3 Å². The van der Waals surface area contributed by atoms with Gasteiger partial charge in [-0.2, -0.15) is 4.72 Å². The Hall–Kier alpha value is -4.16. The van der Waals surface area contributed by atoms with Gasteiger partial charge in [0.25, 0.3) is 0 Å². The normalized spacial score (nSPS) is 21.4. The smallest absolute Gasteiger partial charge is 0.242 e. The van der Waals surface area contributed by atoms with Gasteiger partial charge in [0, 0.05) is 36.3 Å². The van der Waals surface area contributed by atoms with Gasteiger partial charge < -0.3 is 19.9 Å². The van der Waals surface area contributed by atoms with Crippen molar-refractivity contribution in [3.63, 3.8) is 0 Å². The van der Waals surface area contributed by atoms with Crippen LogP contribution in [-0.4, -0.2) is 55.6 Å². The van der Waals surface area contributed by atoms with Crippen molar-refractivity contribution in [3.8, 4) is 0 Å². The van der Waals surface area contributed by atoms with E-state index in [4.69, 9.17) is 9.47 Å². The predicted molar refractivity (Wildman–Crippen MR) is 208 cm³/mol. The second-order valence-electron chi connectivity index (χ2n) is 14.3. The average Bonchev–Trinajstić information content (AvgIpc) is 3.71. The number of amides is 1. The maximum atomic E-state index is 13.9. The summed E-state index contributed by atoms with van der Waals surface area (Å²) in [5.74, 6) is -0.472. The number of ether oxygens (including phenoxy) is 2. The summed E-state index contributed by atoms with van der Waals surface area (Å²) in [6.45, 7) is 9.54. The number of hydrogen-bond donors (Lipinski definition) is 3. The summed E-state index contributed by atoms with van der Waals surface area (Å²) < 4.78 is 43.1. The van der Waals surface area contributed by atoms with Crippen LogP contribution < -0.4 is 10.0 Å². The molecule has 2 aliphatic rings. The van der Waals surface area contributed by atoms with Crippen LogP contribution in [0.2, 0.25) is 0 Å². The van der Waals surface area contributed by atoms with Crippen LogP contribution in [0.1, 0.15) is 72.8 Å². The molecule has 1 aliphatic heterocycles. The van der Waals surface area contributed by atoms with Gasteiger partial charge in [-0.1, -0.05) is 110 Å². The fourth-order valence-corrected chi connectivity index (χ4v) is 8.57. The van der Waals surface area contributed by atoms with Crippen molar-refractivity contribution in [3.05, 3.63) is 144 Å². The molecular weight excluding hydrogens is 687 g/mol. The minimum atomic E-state index is -4.00. The highest BCUT2D eigenvalue weighted by molar-refractivity contribution is 7.89. The SMILES string of the molecule is C=CCN(CC1OC(c2cccc(NC(=O)C(Cc3ccccc3)NS(=O)(=O)c3ccc(C)cc3)c2)OC(c2ccc(CO)cc2)C1C)C1CCCC1. The van der Waals surface area contributed by atoms with Gasteiger partial charge in [-0.15, -0.1) is 6.58 Å². The Kier molecular flexibility index (Phi) is 12.9. The standard InChI is InChI=1S/C43H51N3O6S/c1-4-25-46(37-15-8-9-16-37)28-40-31(3)41(34-21-19-33(29-47)20-22-34)52-43(51-40)35-13-10-14-36(27-35)44-42(48)39(26-32-11-6-5-7-12-32)45-53(49,50)38-23-17-30(2)18-24-38/h4-7,10-14,17-24,27,31,37,39-41,43,45,47H,1,8-9,15-16,25-26,28-29H2,2-3H3,(H,44,48). The number of nitrogens with zero attached hydrogens (tertiary/aromatic N) is 1. The summed E-state index contributed by atoms with van der Waals surface area (Å²) in [6, 6.07) is 30.5. The number of carbonyl (C=O) groups excluding carboxylic acids is 1. The number of anilines is 1. The predicted octanol–water partition coefficient (Wildman–Crippen LogP) is 7.24. The van der Waals surface area contributed by atoms with Crippen molar-refractivity contribution >= 4 is 21.6 Å². The molecule has 0 aromatic heterocycles. The van der Waals surface area contributed by atoms with Crippen LogP contribution >= 0.6 is 0 Å². The monoisotopic (exact) mass is 737 g/mol. The molecule has 280 valence electrons. The fourth-order valence-electron chi connectivity index (χ4n) is 7.37. The van der Waals surface area contributed by atoms with Gasteiger partial charge in [0.05, 0.1) is 23.7 Å². The molecule has 1 heterocycles. The molecule has 0 radical (unpaired) electrons. The first-order chi connectivity index (χ1) is 25.6. The lowest BCUT2D eigenvalue weighted by molar-refractivity contribution is -0.276. The van der Waals surface area contributed by atoms with Crippen LogP contribution in [0.5, 0.6) is 0 Å². The molecule has 5 unspecified atom stereocenters. The molecule has 1 saturated carbocycles. The quantitative estimate of drug-likeness (QED) is 0.110. The topological polar surface area (TPSA) is 117 Å². The van der Waals surface area contributed by atoms with Gasteiger partial charge in [0.15, 0.2) is 6.29 Å². The van der Waals surface area contributed by atoms with E-state index in [-0.39, 0.29) is 36.0 Å². The van der Waals surface area contributed by atoms with E-state index in [1.807, 2.05) is 85.8 Å². The van der Waals surface area contributed by atoms with Gasteiger partial charge in [-0.3, -0.25) is 9.69 Å². The highest BCUT2D eigenvalue weighted by Gasteiger charge is 2.40. The van der Waals surface area contributed by atoms with E-state index in [1.165, 1.54) is 25.0 Å². The molecule has 1 aliphatic carbocycles. The highest BCUT2D eigenvalue weighted by atomic mass is 32.2. The summed E-state index contributed by atoms with van der Waals surface area (Å²) in [4.78, 5) is 16.5. The zero-order valence-corrected chi connectivity index (χ0v) is 31.4. The summed E-state index contributed by atoms with van der Waals surface area (Å²) >= 11 is 0. The van der Waals surface area contributed by atoms with E-state index in [0.717, 1.165) is 53.7 Å². The largest absolute Gasteiger partial charge is 0.392 e. The van der Waals surface area contributed by atoms with Crippen molar-refractivity contribution in [1.29, 1.82) is 0 Å². The number of benzene rings is 4.